The number of hydrogen-bond acceptors (Lipinski definition) is 3. The van der Waals surface area contributed by atoms with Crippen LogP contribution < -0.4 is 0 Å². The highest BCUT2D eigenvalue weighted by molar-refractivity contribution is 5.37. The molecule has 3 heteroatoms. The summed E-state index contributed by atoms with van der Waals surface area (Å²) in [7, 11) is 0. The first-order chi connectivity index (χ1) is 3.91. The molecule has 0 aromatic rings. The van der Waals surface area contributed by atoms with Crippen LogP contribution in [-0.4, -0.2) is 19.9 Å². The van der Waals surface area contributed by atoms with Gasteiger partial charge in [-0.25, -0.2) is 4.79 Å². The molecule has 0 spiro atoms. The van der Waals surface area contributed by atoms with Gasteiger partial charge in [0.1, 0.15) is 0 Å². The van der Waals surface area contributed by atoms with E-state index in [1.807, 2.05) is 6.92 Å². The van der Waals surface area contributed by atoms with Gasteiger partial charge in [-0.05, 0) is 6.42 Å². The molecule has 0 saturated carbocycles. The molecule has 0 unspecified atom stereocenters. The van der Waals surface area contributed by atoms with E-state index in [4.69, 9.17) is 4.74 Å². The predicted molar refractivity (Wildman–Crippen MR) is 27.9 cm³/mol. The Morgan fingerprint density at radius 2 is 2.38 bits per heavy atom. The molecule has 0 aromatic heterocycles. The maximum absolute atomic E-state index is 9.34. The summed E-state index contributed by atoms with van der Waals surface area (Å²) in [6, 6.07) is 0. The zero-order valence-electron chi connectivity index (χ0n) is 4.85. The first-order valence-electron chi connectivity index (χ1n) is 2.48. The molecule has 0 amide bonds. The third-order valence-electron chi connectivity index (χ3n) is 0.550. The number of carbonyl (C=O) groups excluding carboxylic acids is 1. The van der Waals surface area contributed by atoms with Gasteiger partial charge in [0.2, 0.25) is 0 Å². The largest absolute Gasteiger partial charge is 0.430 e. The van der Waals surface area contributed by atoms with Crippen LogP contribution in [0.5, 0.6) is 0 Å². The Kier molecular flexibility index (Phi) is 5.97. The number of ether oxygens (including phenoxy) is 2. The maximum Gasteiger partial charge on any atom is 0.419 e. The summed E-state index contributed by atoms with van der Waals surface area (Å²) in [4.78, 5) is 9.34. The average Bonchev–Trinajstić information content (AvgIpc) is 1.81. The molecule has 0 N–H and O–H groups in total. The topological polar surface area (TPSA) is 35.5 Å². The average molecular weight is 117 g/mol. The Morgan fingerprint density at radius 1 is 1.62 bits per heavy atom. The quantitative estimate of drug-likeness (QED) is 0.387. The molecule has 0 aliphatic carbocycles. The van der Waals surface area contributed by atoms with Crippen LogP contribution in [0, 0.1) is 0 Å². The second-order valence-electron chi connectivity index (χ2n) is 1.25. The summed E-state index contributed by atoms with van der Waals surface area (Å²) in [6.07, 6.45) is 0.933. The van der Waals surface area contributed by atoms with E-state index < -0.39 is 0 Å². The van der Waals surface area contributed by atoms with Gasteiger partial charge in [-0.2, -0.15) is 0 Å². The van der Waals surface area contributed by atoms with Crippen molar-refractivity contribution >= 4 is 6.47 Å². The number of rotatable bonds is 5. The van der Waals surface area contributed by atoms with Crippen molar-refractivity contribution < 1.29 is 14.3 Å². The molecule has 0 fully saturated rings. The van der Waals surface area contributed by atoms with Gasteiger partial charge >= 0.3 is 6.47 Å². The summed E-state index contributed by atoms with van der Waals surface area (Å²) in [5.74, 6) is 0. The van der Waals surface area contributed by atoms with E-state index in [1.165, 1.54) is 6.47 Å². The normalized spacial score (nSPS) is 8.62. The maximum atomic E-state index is 9.34. The third-order valence-corrected chi connectivity index (χ3v) is 0.550. The summed E-state index contributed by atoms with van der Waals surface area (Å²) >= 11 is 0. The third kappa shape index (κ3) is 5.43. The fourth-order valence-corrected chi connectivity index (χ4v) is 0.269. The van der Waals surface area contributed by atoms with Gasteiger partial charge in [0.05, 0.1) is 6.61 Å². The van der Waals surface area contributed by atoms with Crippen molar-refractivity contribution in [2.24, 2.45) is 0 Å². The minimum atomic E-state index is 0.0251. The fourth-order valence-electron chi connectivity index (χ4n) is 0.269. The van der Waals surface area contributed by atoms with Crippen molar-refractivity contribution in [3.63, 3.8) is 0 Å². The van der Waals surface area contributed by atoms with Gasteiger partial charge < -0.3 is 9.47 Å². The molecule has 47 valence electrons. The van der Waals surface area contributed by atoms with Crippen molar-refractivity contribution in [2.75, 3.05) is 13.4 Å². The van der Waals surface area contributed by atoms with Gasteiger partial charge in [-0.3, -0.25) is 0 Å². The van der Waals surface area contributed by atoms with E-state index in [2.05, 4.69) is 4.74 Å². The molecule has 1 radical (unpaired) electrons. The van der Waals surface area contributed by atoms with Crippen LogP contribution in [0.2, 0.25) is 0 Å². The summed E-state index contributed by atoms with van der Waals surface area (Å²) < 4.78 is 8.85. The Balaban J connectivity index is 2.62. The Bertz CT molecular complexity index is 53.6. The van der Waals surface area contributed by atoms with Crippen LogP contribution in [-0.2, 0) is 14.3 Å². The second kappa shape index (κ2) is 6.43. The zero-order valence-corrected chi connectivity index (χ0v) is 4.85. The SMILES string of the molecule is CCCOCO[C]=O. The minimum Gasteiger partial charge on any atom is -0.430 e. The van der Waals surface area contributed by atoms with Gasteiger partial charge in [0.15, 0.2) is 6.79 Å². The summed E-state index contributed by atoms with van der Waals surface area (Å²) in [6.45, 7) is 3.88. The van der Waals surface area contributed by atoms with Crippen LogP contribution in [0.25, 0.3) is 0 Å². The Hall–Kier alpha value is -0.570. The molecule has 0 aliphatic rings. The molecular weight excluding hydrogens is 108 g/mol. The zero-order chi connectivity index (χ0) is 6.24. The highest BCUT2D eigenvalue weighted by Gasteiger charge is 1.81. The minimum absolute atomic E-state index is 0.0251. The van der Waals surface area contributed by atoms with Crippen LogP contribution in [0.15, 0.2) is 0 Å². The molecule has 0 rings (SSSR count). The van der Waals surface area contributed by atoms with Crippen molar-refractivity contribution in [3.8, 4) is 0 Å². The lowest BCUT2D eigenvalue weighted by Crippen LogP contribution is -1.98. The highest BCUT2D eigenvalue weighted by Crippen LogP contribution is 1.78. The van der Waals surface area contributed by atoms with E-state index in [0.717, 1.165) is 6.42 Å². The van der Waals surface area contributed by atoms with Gasteiger partial charge in [0, 0.05) is 0 Å². The van der Waals surface area contributed by atoms with Crippen LogP contribution in [0.1, 0.15) is 13.3 Å². The van der Waals surface area contributed by atoms with E-state index in [0.29, 0.717) is 6.61 Å². The second-order valence-corrected chi connectivity index (χ2v) is 1.25. The Morgan fingerprint density at radius 3 is 2.88 bits per heavy atom. The lowest BCUT2D eigenvalue weighted by Gasteiger charge is -1.96. The molecule has 0 aliphatic heterocycles. The summed E-state index contributed by atoms with van der Waals surface area (Å²) in [5.41, 5.74) is 0. The van der Waals surface area contributed by atoms with Crippen molar-refractivity contribution in [1.82, 2.24) is 0 Å². The van der Waals surface area contributed by atoms with Crippen molar-refractivity contribution in [2.45, 2.75) is 13.3 Å². The summed E-state index contributed by atoms with van der Waals surface area (Å²) in [5, 5.41) is 0. The Labute approximate surface area is 48.6 Å². The first-order valence-corrected chi connectivity index (χ1v) is 2.48. The standard InChI is InChI=1S/C5H9O3/c1-2-3-7-5-8-4-6/h2-3,5H2,1H3. The van der Waals surface area contributed by atoms with Crippen LogP contribution in [0.4, 0.5) is 0 Å². The monoisotopic (exact) mass is 117 g/mol. The highest BCUT2D eigenvalue weighted by atomic mass is 16.7. The lowest BCUT2D eigenvalue weighted by atomic mass is 10.5. The van der Waals surface area contributed by atoms with Crippen LogP contribution >= 0.6 is 0 Å². The van der Waals surface area contributed by atoms with E-state index in [-0.39, 0.29) is 6.79 Å². The van der Waals surface area contributed by atoms with Gasteiger partial charge in [-0.1, -0.05) is 6.92 Å². The van der Waals surface area contributed by atoms with E-state index in [9.17, 15) is 4.79 Å². The first kappa shape index (κ1) is 7.43. The predicted octanol–water partition coefficient (Wildman–Crippen LogP) is 0.454. The molecule has 0 heterocycles. The molecular formula is C5H9O3. The van der Waals surface area contributed by atoms with E-state index in [1.54, 1.807) is 0 Å². The molecule has 0 atom stereocenters. The molecule has 0 aromatic carbocycles. The van der Waals surface area contributed by atoms with Gasteiger partial charge in [0.25, 0.3) is 0 Å². The fraction of sp³-hybridized carbons (Fsp3) is 0.800. The number of hydrogen-bond donors (Lipinski definition) is 0. The van der Waals surface area contributed by atoms with Gasteiger partial charge in [-0.15, -0.1) is 0 Å². The van der Waals surface area contributed by atoms with Crippen LogP contribution in [0.3, 0.4) is 0 Å². The van der Waals surface area contributed by atoms with Crippen molar-refractivity contribution in [3.05, 3.63) is 0 Å². The molecule has 8 heavy (non-hydrogen) atoms. The molecule has 3 nitrogen and oxygen atoms in total. The van der Waals surface area contributed by atoms with E-state index >= 15 is 0 Å². The lowest BCUT2D eigenvalue weighted by molar-refractivity contribution is 0.00632. The molecule has 0 bridgehead atoms. The smallest absolute Gasteiger partial charge is 0.419 e. The van der Waals surface area contributed by atoms with Crippen molar-refractivity contribution in [1.29, 1.82) is 0 Å². The molecule has 0 saturated heterocycles.